The molecule has 1 N–H and O–H groups in total. The third-order valence-electron chi connectivity index (χ3n) is 5.70. The third-order valence-corrected chi connectivity index (χ3v) is 5.70. The van der Waals surface area contributed by atoms with E-state index in [1.54, 1.807) is 17.3 Å². The molecule has 8 heteroatoms. The van der Waals surface area contributed by atoms with Crippen molar-refractivity contribution < 1.29 is 19.1 Å². The van der Waals surface area contributed by atoms with E-state index >= 15 is 0 Å². The van der Waals surface area contributed by atoms with Gasteiger partial charge in [-0.3, -0.25) is 14.4 Å². The van der Waals surface area contributed by atoms with E-state index in [9.17, 15) is 14.4 Å². The molecule has 1 aliphatic rings. The number of anilines is 1. The Balaban J connectivity index is 1.36. The van der Waals surface area contributed by atoms with Crippen LogP contribution in [0.15, 0.2) is 67.0 Å². The van der Waals surface area contributed by atoms with Gasteiger partial charge in [0, 0.05) is 38.1 Å². The van der Waals surface area contributed by atoms with Crippen molar-refractivity contribution in [3.8, 4) is 0 Å². The second kappa shape index (κ2) is 9.68. The summed E-state index contributed by atoms with van der Waals surface area (Å²) in [5.74, 6) is -1.08. The van der Waals surface area contributed by atoms with E-state index in [2.05, 4.69) is 10.3 Å². The summed E-state index contributed by atoms with van der Waals surface area (Å²) in [6, 6.07) is 16.5. The summed E-state index contributed by atoms with van der Waals surface area (Å²) in [5, 5.41) is 2.89. The highest BCUT2D eigenvalue weighted by Crippen LogP contribution is 2.26. The van der Waals surface area contributed by atoms with Crippen LogP contribution in [0.3, 0.4) is 0 Å². The van der Waals surface area contributed by atoms with Gasteiger partial charge in [-0.1, -0.05) is 48.0 Å². The maximum absolute atomic E-state index is 12.6. The Morgan fingerprint density at radius 3 is 2.55 bits per heavy atom. The lowest BCUT2D eigenvalue weighted by molar-refractivity contribution is -0.152. The Labute approximate surface area is 192 Å². The minimum Gasteiger partial charge on any atom is -0.455 e. The molecular weight excluding hydrogens is 420 g/mol. The van der Waals surface area contributed by atoms with Crippen molar-refractivity contribution in [2.45, 2.75) is 19.4 Å². The van der Waals surface area contributed by atoms with Crippen LogP contribution in [0, 0.1) is 12.8 Å². The van der Waals surface area contributed by atoms with Crippen LogP contribution in [0.25, 0.3) is 0 Å². The van der Waals surface area contributed by atoms with Crippen LogP contribution < -0.4 is 10.2 Å². The quantitative estimate of drug-likeness (QED) is 0.563. The van der Waals surface area contributed by atoms with Gasteiger partial charge in [-0.2, -0.15) is 0 Å². The Morgan fingerprint density at radius 1 is 1.15 bits per heavy atom. The van der Waals surface area contributed by atoms with Crippen LogP contribution in [0.4, 0.5) is 5.69 Å². The third kappa shape index (κ3) is 5.11. The maximum atomic E-state index is 12.6. The number of amides is 2. The fourth-order valence-corrected chi connectivity index (χ4v) is 3.89. The van der Waals surface area contributed by atoms with Gasteiger partial charge in [0.2, 0.25) is 5.91 Å². The van der Waals surface area contributed by atoms with Crippen LogP contribution >= 0.6 is 0 Å². The van der Waals surface area contributed by atoms with E-state index < -0.39 is 30.4 Å². The van der Waals surface area contributed by atoms with Crippen molar-refractivity contribution in [1.29, 1.82) is 0 Å². The summed E-state index contributed by atoms with van der Waals surface area (Å²) in [4.78, 5) is 43.5. The molecule has 4 rings (SSSR count). The number of aromatic nitrogens is 2. The smallest absolute Gasteiger partial charge is 0.311 e. The molecule has 3 aromatic rings. The molecule has 2 unspecified atom stereocenters. The van der Waals surface area contributed by atoms with Crippen molar-refractivity contribution in [2.24, 2.45) is 13.0 Å². The van der Waals surface area contributed by atoms with E-state index in [0.29, 0.717) is 5.82 Å². The molecule has 0 saturated carbocycles. The molecule has 2 amide bonds. The van der Waals surface area contributed by atoms with Gasteiger partial charge in [0.05, 0.1) is 5.92 Å². The summed E-state index contributed by atoms with van der Waals surface area (Å²) in [6.07, 6.45) is 3.52. The van der Waals surface area contributed by atoms with E-state index in [4.69, 9.17) is 4.74 Å². The average molecular weight is 447 g/mol. The maximum Gasteiger partial charge on any atom is 0.311 e. The number of nitrogens with one attached hydrogen (secondary N) is 1. The number of carbonyl (C=O) groups is 3. The number of aryl methyl sites for hydroxylation is 2. The SMILES string of the molecule is Cc1ccc(N2CC(C(=O)OCC(=O)NC(c3ccccc3)c3nccn3C)CC2=O)cc1. The molecule has 0 radical (unpaired) electrons. The number of nitrogens with zero attached hydrogens (tertiary/aromatic N) is 3. The topological polar surface area (TPSA) is 93.5 Å². The van der Waals surface area contributed by atoms with Gasteiger partial charge in [0.15, 0.2) is 6.61 Å². The number of hydrogen-bond acceptors (Lipinski definition) is 5. The zero-order chi connectivity index (χ0) is 23.4. The standard InChI is InChI=1S/C25H26N4O4/c1-17-8-10-20(11-9-17)29-15-19(14-22(29)31)25(32)33-16-21(30)27-23(18-6-4-3-5-7-18)24-26-12-13-28(24)2/h3-13,19,23H,14-16H2,1-2H3,(H,27,30). The van der Waals surface area contributed by atoms with Crippen molar-refractivity contribution >= 4 is 23.5 Å². The fourth-order valence-electron chi connectivity index (χ4n) is 3.89. The first kappa shape index (κ1) is 22.3. The lowest BCUT2D eigenvalue weighted by Crippen LogP contribution is -2.35. The van der Waals surface area contributed by atoms with Gasteiger partial charge in [-0.05, 0) is 24.6 Å². The monoisotopic (exact) mass is 446 g/mol. The van der Waals surface area contributed by atoms with E-state index in [-0.39, 0.29) is 18.9 Å². The largest absolute Gasteiger partial charge is 0.455 e. The summed E-state index contributed by atoms with van der Waals surface area (Å²) in [6.45, 7) is 1.78. The van der Waals surface area contributed by atoms with E-state index in [0.717, 1.165) is 16.8 Å². The van der Waals surface area contributed by atoms with Crippen LogP contribution in [-0.4, -0.2) is 40.5 Å². The first-order valence-electron chi connectivity index (χ1n) is 10.8. The number of esters is 1. The molecular formula is C25H26N4O4. The number of rotatable bonds is 7. The van der Waals surface area contributed by atoms with Crippen LogP contribution in [-0.2, 0) is 26.2 Å². The highest BCUT2D eigenvalue weighted by atomic mass is 16.5. The second-order valence-corrected chi connectivity index (χ2v) is 8.16. The van der Waals surface area contributed by atoms with Gasteiger partial charge < -0.3 is 19.5 Å². The van der Waals surface area contributed by atoms with Gasteiger partial charge >= 0.3 is 5.97 Å². The molecule has 33 heavy (non-hydrogen) atoms. The van der Waals surface area contributed by atoms with Crippen molar-refractivity contribution in [3.05, 3.63) is 83.9 Å². The number of imidazole rings is 1. The van der Waals surface area contributed by atoms with Crippen molar-refractivity contribution in [3.63, 3.8) is 0 Å². The predicted molar refractivity (Wildman–Crippen MR) is 122 cm³/mol. The van der Waals surface area contributed by atoms with Crippen molar-refractivity contribution in [1.82, 2.24) is 14.9 Å². The molecule has 170 valence electrons. The van der Waals surface area contributed by atoms with Crippen LogP contribution in [0.1, 0.15) is 29.4 Å². The summed E-state index contributed by atoms with van der Waals surface area (Å²) in [5.41, 5.74) is 2.70. The Kier molecular flexibility index (Phi) is 6.53. The molecule has 0 spiro atoms. The number of carbonyl (C=O) groups excluding carboxylic acids is 3. The first-order valence-corrected chi connectivity index (χ1v) is 10.8. The average Bonchev–Trinajstić information content (AvgIpc) is 3.42. The highest BCUT2D eigenvalue weighted by Gasteiger charge is 2.36. The zero-order valence-electron chi connectivity index (χ0n) is 18.6. The molecule has 0 bridgehead atoms. The van der Waals surface area contributed by atoms with Gasteiger partial charge in [-0.25, -0.2) is 4.98 Å². The molecule has 1 saturated heterocycles. The normalized spacial score (nSPS) is 16.5. The minimum absolute atomic E-state index is 0.0637. The Bertz CT molecular complexity index is 1140. The summed E-state index contributed by atoms with van der Waals surface area (Å²) in [7, 11) is 1.85. The Hall–Kier alpha value is -3.94. The van der Waals surface area contributed by atoms with E-state index in [1.807, 2.05) is 73.1 Å². The van der Waals surface area contributed by atoms with Crippen LogP contribution in [0.5, 0.6) is 0 Å². The van der Waals surface area contributed by atoms with Gasteiger partial charge in [0.25, 0.3) is 5.91 Å². The molecule has 1 fully saturated rings. The molecule has 2 atom stereocenters. The second-order valence-electron chi connectivity index (χ2n) is 8.16. The number of hydrogen-bond donors (Lipinski definition) is 1. The molecule has 1 aliphatic heterocycles. The lowest BCUT2D eigenvalue weighted by atomic mass is 10.1. The first-order chi connectivity index (χ1) is 15.9. The van der Waals surface area contributed by atoms with Gasteiger partial charge in [0.1, 0.15) is 11.9 Å². The summed E-state index contributed by atoms with van der Waals surface area (Å²) < 4.78 is 7.09. The van der Waals surface area contributed by atoms with Gasteiger partial charge in [-0.15, -0.1) is 0 Å². The number of ether oxygens (including phenoxy) is 1. The van der Waals surface area contributed by atoms with E-state index in [1.165, 1.54) is 0 Å². The van der Waals surface area contributed by atoms with Crippen molar-refractivity contribution in [2.75, 3.05) is 18.1 Å². The highest BCUT2D eigenvalue weighted by molar-refractivity contribution is 5.99. The molecule has 8 nitrogen and oxygen atoms in total. The molecule has 2 aromatic carbocycles. The number of benzene rings is 2. The molecule has 0 aliphatic carbocycles. The summed E-state index contributed by atoms with van der Waals surface area (Å²) >= 11 is 0. The molecule has 2 heterocycles. The lowest BCUT2D eigenvalue weighted by Gasteiger charge is -2.19. The molecule has 1 aromatic heterocycles. The zero-order valence-corrected chi connectivity index (χ0v) is 18.6. The predicted octanol–water partition coefficient (Wildman–Crippen LogP) is 2.53. The Morgan fingerprint density at radius 2 is 1.88 bits per heavy atom. The fraction of sp³-hybridized carbons (Fsp3) is 0.280. The van der Waals surface area contributed by atoms with Crippen LogP contribution in [0.2, 0.25) is 0 Å². The minimum atomic E-state index is -0.605.